The van der Waals surface area contributed by atoms with E-state index in [0.717, 1.165) is 5.69 Å². The summed E-state index contributed by atoms with van der Waals surface area (Å²) >= 11 is 5.94. The first-order chi connectivity index (χ1) is 9.28. The predicted octanol–water partition coefficient (Wildman–Crippen LogP) is 2.07. The van der Waals surface area contributed by atoms with Crippen LogP contribution in [0.4, 0.5) is 5.82 Å². The van der Waals surface area contributed by atoms with Crippen molar-refractivity contribution in [2.24, 2.45) is 0 Å². The van der Waals surface area contributed by atoms with Crippen molar-refractivity contribution >= 4 is 17.4 Å². The Hall–Kier alpha value is -1.79. The lowest BCUT2D eigenvalue weighted by Gasteiger charge is -2.07. The zero-order chi connectivity index (χ0) is 13.5. The fraction of sp³-hybridized carbons (Fsp3) is 0.333. The third kappa shape index (κ3) is 4.42. The zero-order valence-electron chi connectivity index (χ0n) is 10.5. The van der Waals surface area contributed by atoms with Gasteiger partial charge in [-0.05, 0) is 19.1 Å². The maximum atomic E-state index is 5.94. The van der Waals surface area contributed by atoms with Crippen molar-refractivity contribution in [3.63, 3.8) is 0 Å². The summed E-state index contributed by atoms with van der Waals surface area (Å²) in [4.78, 5) is 8.39. The Bertz CT molecular complexity index is 523. The van der Waals surface area contributed by atoms with Crippen LogP contribution in [-0.2, 0) is 17.9 Å². The van der Waals surface area contributed by atoms with Crippen molar-refractivity contribution in [1.82, 2.24) is 20.2 Å². The molecule has 0 bridgehead atoms. The van der Waals surface area contributed by atoms with Gasteiger partial charge in [-0.25, -0.2) is 9.97 Å². The van der Waals surface area contributed by atoms with Gasteiger partial charge in [-0.2, -0.15) is 10.2 Å². The van der Waals surface area contributed by atoms with Crippen molar-refractivity contribution in [3.05, 3.63) is 41.1 Å². The summed E-state index contributed by atoms with van der Waals surface area (Å²) in [5.41, 5.74) is 0.823. The van der Waals surface area contributed by atoms with Gasteiger partial charge in [-0.3, -0.25) is 0 Å². The van der Waals surface area contributed by atoms with Crippen molar-refractivity contribution < 1.29 is 4.74 Å². The summed E-state index contributed by atoms with van der Waals surface area (Å²) in [6, 6.07) is 5.37. The molecule has 6 nitrogen and oxygen atoms in total. The van der Waals surface area contributed by atoms with E-state index in [1.165, 1.54) is 0 Å². The zero-order valence-corrected chi connectivity index (χ0v) is 11.3. The summed E-state index contributed by atoms with van der Waals surface area (Å²) in [6.45, 7) is 3.39. The van der Waals surface area contributed by atoms with Crippen LogP contribution in [0.5, 0.6) is 0 Å². The Kier molecular flexibility index (Phi) is 5.00. The van der Waals surface area contributed by atoms with Crippen LogP contribution in [0.25, 0.3) is 0 Å². The monoisotopic (exact) mass is 279 g/mol. The van der Waals surface area contributed by atoms with E-state index in [-0.39, 0.29) is 0 Å². The van der Waals surface area contributed by atoms with Crippen LogP contribution in [-0.4, -0.2) is 26.8 Å². The fourth-order valence-electron chi connectivity index (χ4n) is 1.42. The van der Waals surface area contributed by atoms with E-state index in [9.17, 15) is 0 Å². The van der Waals surface area contributed by atoms with Crippen LogP contribution in [0.2, 0.25) is 5.15 Å². The highest BCUT2D eigenvalue weighted by Crippen LogP contribution is 2.12. The maximum Gasteiger partial charge on any atom is 0.158 e. The second kappa shape index (κ2) is 6.96. The molecule has 0 radical (unpaired) electrons. The third-order valence-corrected chi connectivity index (χ3v) is 2.45. The molecule has 1 N–H and O–H groups in total. The summed E-state index contributed by atoms with van der Waals surface area (Å²) in [5, 5.41) is 11.3. The first kappa shape index (κ1) is 13.6. The molecule has 0 amide bonds. The summed E-state index contributed by atoms with van der Waals surface area (Å²) in [5.74, 6) is 1.19. The lowest BCUT2D eigenvalue weighted by molar-refractivity contribution is 0.128. The molecule has 2 heterocycles. The summed E-state index contributed by atoms with van der Waals surface area (Å²) < 4.78 is 5.26. The molecule has 0 fully saturated rings. The van der Waals surface area contributed by atoms with Gasteiger partial charge in [-0.15, -0.1) is 0 Å². The Morgan fingerprint density at radius 3 is 3.00 bits per heavy atom. The highest BCUT2D eigenvalue weighted by Gasteiger charge is 2.04. The van der Waals surface area contributed by atoms with Crippen LogP contribution >= 0.6 is 11.6 Å². The van der Waals surface area contributed by atoms with E-state index >= 15 is 0 Å². The van der Waals surface area contributed by atoms with E-state index in [1.54, 1.807) is 12.3 Å². The van der Waals surface area contributed by atoms with Gasteiger partial charge in [0.05, 0.1) is 12.2 Å². The van der Waals surface area contributed by atoms with E-state index in [0.29, 0.717) is 36.6 Å². The standard InChI is InChI=1S/C12H14ClN5O/c1-2-19-8-12-16-10(13)6-11(17-12)14-7-9-4-3-5-15-18-9/h3-6H,2,7-8H2,1H3,(H,14,16,17). The lowest BCUT2D eigenvalue weighted by atomic mass is 10.4. The minimum absolute atomic E-state index is 0.344. The quantitative estimate of drug-likeness (QED) is 0.816. The maximum absolute atomic E-state index is 5.94. The molecule has 7 heteroatoms. The van der Waals surface area contributed by atoms with Gasteiger partial charge in [0.1, 0.15) is 17.6 Å². The number of hydrogen-bond acceptors (Lipinski definition) is 6. The largest absolute Gasteiger partial charge is 0.374 e. The predicted molar refractivity (Wildman–Crippen MR) is 71.7 cm³/mol. The summed E-state index contributed by atoms with van der Waals surface area (Å²) in [6.07, 6.45) is 1.63. The van der Waals surface area contributed by atoms with Crippen LogP contribution in [0, 0.1) is 0 Å². The van der Waals surface area contributed by atoms with Crippen molar-refractivity contribution in [1.29, 1.82) is 0 Å². The first-order valence-electron chi connectivity index (χ1n) is 5.89. The Morgan fingerprint density at radius 1 is 1.37 bits per heavy atom. The number of nitrogens with zero attached hydrogens (tertiary/aromatic N) is 4. The number of rotatable bonds is 6. The molecule has 0 saturated carbocycles. The van der Waals surface area contributed by atoms with Gasteiger partial charge < -0.3 is 10.1 Å². The van der Waals surface area contributed by atoms with Gasteiger partial charge in [-0.1, -0.05) is 11.6 Å². The number of ether oxygens (including phenoxy) is 1. The summed E-state index contributed by atoms with van der Waals surface area (Å²) in [7, 11) is 0. The molecule has 0 aromatic carbocycles. The van der Waals surface area contributed by atoms with Gasteiger partial charge in [0.2, 0.25) is 0 Å². The average molecular weight is 280 g/mol. The Balaban J connectivity index is 2.01. The molecule has 2 aromatic rings. The van der Waals surface area contributed by atoms with Crippen molar-refractivity contribution in [2.75, 3.05) is 11.9 Å². The number of halogens is 1. The molecule has 0 saturated heterocycles. The number of nitrogens with one attached hydrogen (secondary N) is 1. The molecule has 100 valence electrons. The highest BCUT2D eigenvalue weighted by molar-refractivity contribution is 6.29. The van der Waals surface area contributed by atoms with Gasteiger partial charge in [0.25, 0.3) is 0 Å². The highest BCUT2D eigenvalue weighted by atomic mass is 35.5. The molecule has 2 rings (SSSR count). The second-order valence-corrected chi connectivity index (χ2v) is 4.09. The molecule has 0 aliphatic heterocycles. The van der Waals surface area contributed by atoms with Crippen molar-refractivity contribution in [3.8, 4) is 0 Å². The first-order valence-corrected chi connectivity index (χ1v) is 6.27. The SMILES string of the molecule is CCOCc1nc(Cl)cc(NCc2cccnn2)n1. The molecule has 0 spiro atoms. The van der Waals surface area contributed by atoms with Crippen LogP contribution in [0.3, 0.4) is 0 Å². The number of aromatic nitrogens is 4. The third-order valence-electron chi connectivity index (χ3n) is 2.25. The van der Waals surface area contributed by atoms with E-state index in [2.05, 4.69) is 25.5 Å². The smallest absolute Gasteiger partial charge is 0.158 e. The Labute approximate surface area is 116 Å². The number of anilines is 1. The average Bonchev–Trinajstić information content (AvgIpc) is 2.43. The Morgan fingerprint density at radius 2 is 2.26 bits per heavy atom. The molecule has 0 aliphatic carbocycles. The molecule has 19 heavy (non-hydrogen) atoms. The van der Waals surface area contributed by atoms with Crippen LogP contribution in [0.1, 0.15) is 18.4 Å². The van der Waals surface area contributed by atoms with Gasteiger partial charge >= 0.3 is 0 Å². The molecule has 0 aliphatic rings. The minimum Gasteiger partial charge on any atom is -0.374 e. The second-order valence-electron chi connectivity index (χ2n) is 3.70. The number of hydrogen-bond donors (Lipinski definition) is 1. The topological polar surface area (TPSA) is 72.8 Å². The molecule has 0 unspecified atom stereocenters. The normalized spacial score (nSPS) is 10.4. The fourth-order valence-corrected chi connectivity index (χ4v) is 1.62. The molecular weight excluding hydrogens is 266 g/mol. The van der Waals surface area contributed by atoms with Crippen LogP contribution < -0.4 is 5.32 Å². The molecular formula is C12H14ClN5O. The molecule has 0 atom stereocenters. The van der Waals surface area contributed by atoms with Gasteiger partial charge in [0, 0.05) is 18.9 Å². The van der Waals surface area contributed by atoms with Gasteiger partial charge in [0.15, 0.2) is 5.82 Å². The van der Waals surface area contributed by atoms with Crippen molar-refractivity contribution in [2.45, 2.75) is 20.1 Å². The van der Waals surface area contributed by atoms with E-state index in [4.69, 9.17) is 16.3 Å². The lowest BCUT2D eigenvalue weighted by Crippen LogP contribution is -2.07. The minimum atomic E-state index is 0.344. The van der Waals surface area contributed by atoms with Crippen LogP contribution in [0.15, 0.2) is 24.4 Å². The molecule has 2 aromatic heterocycles. The van der Waals surface area contributed by atoms with E-state index < -0.39 is 0 Å². The van der Waals surface area contributed by atoms with E-state index in [1.807, 2.05) is 19.1 Å².